The molecular formula is C13H11ClN4. The summed E-state index contributed by atoms with van der Waals surface area (Å²) in [6.45, 7) is 0. The lowest BCUT2D eigenvalue weighted by Crippen LogP contribution is -1.95. The Kier molecular flexibility index (Phi) is 2.64. The summed E-state index contributed by atoms with van der Waals surface area (Å²) >= 11 is 5.75. The number of halogens is 1. The second-order valence-electron chi connectivity index (χ2n) is 4.04. The first-order valence-electron chi connectivity index (χ1n) is 5.53. The van der Waals surface area contributed by atoms with Gasteiger partial charge in [-0.2, -0.15) is 0 Å². The van der Waals surface area contributed by atoms with Crippen molar-refractivity contribution < 1.29 is 0 Å². The fourth-order valence-corrected chi connectivity index (χ4v) is 2.04. The molecule has 0 bridgehead atoms. The van der Waals surface area contributed by atoms with Crippen molar-refractivity contribution >= 4 is 34.0 Å². The first-order chi connectivity index (χ1) is 8.72. The van der Waals surface area contributed by atoms with Gasteiger partial charge in [-0.15, -0.1) is 0 Å². The Balaban J connectivity index is 1.97. The van der Waals surface area contributed by atoms with E-state index in [4.69, 9.17) is 11.6 Å². The van der Waals surface area contributed by atoms with Gasteiger partial charge in [-0.3, -0.25) is 0 Å². The Hall–Kier alpha value is -2.07. The normalized spacial score (nSPS) is 10.8. The topological polar surface area (TPSA) is 42.7 Å². The number of nitrogens with zero attached hydrogens (tertiary/aromatic N) is 3. The molecule has 90 valence electrons. The fourth-order valence-electron chi connectivity index (χ4n) is 1.89. The van der Waals surface area contributed by atoms with Crippen molar-refractivity contribution in [2.24, 2.45) is 7.05 Å². The van der Waals surface area contributed by atoms with E-state index in [2.05, 4.69) is 38.1 Å². The van der Waals surface area contributed by atoms with Gasteiger partial charge < -0.3 is 9.88 Å². The van der Waals surface area contributed by atoms with E-state index in [0.29, 0.717) is 5.82 Å². The van der Waals surface area contributed by atoms with Crippen LogP contribution in [0.15, 0.2) is 42.7 Å². The van der Waals surface area contributed by atoms with Gasteiger partial charge in [0.1, 0.15) is 5.82 Å². The molecule has 0 amide bonds. The molecule has 0 aliphatic rings. The third-order valence-electron chi connectivity index (χ3n) is 2.79. The van der Waals surface area contributed by atoms with Crippen molar-refractivity contribution in [2.45, 2.75) is 0 Å². The summed E-state index contributed by atoms with van der Waals surface area (Å²) in [4.78, 5) is 7.94. The van der Waals surface area contributed by atoms with Crippen LogP contribution in [0.2, 0.25) is 5.28 Å². The van der Waals surface area contributed by atoms with E-state index in [9.17, 15) is 0 Å². The van der Waals surface area contributed by atoms with Crippen LogP contribution in [-0.4, -0.2) is 14.5 Å². The van der Waals surface area contributed by atoms with E-state index in [1.165, 1.54) is 10.9 Å². The average molecular weight is 259 g/mol. The number of hydrogen-bond acceptors (Lipinski definition) is 3. The van der Waals surface area contributed by atoms with Crippen molar-refractivity contribution in [1.29, 1.82) is 0 Å². The summed E-state index contributed by atoms with van der Waals surface area (Å²) in [5.74, 6) is 0.684. The van der Waals surface area contributed by atoms with Crippen molar-refractivity contribution in [3.63, 3.8) is 0 Å². The minimum atomic E-state index is 0.236. The monoisotopic (exact) mass is 258 g/mol. The number of aryl methyl sites for hydroxylation is 1. The molecule has 1 N–H and O–H groups in total. The number of nitrogens with one attached hydrogen (secondary N) is 1. The quantitative estimate of drug-likeness (QED) is 0.717. The largest absolute Gasteiger partial charge is 0.350 e. The van der Waals surface area contributed by atoms with Gasteiger partial charge in [-0.1, -0.05) is 6.07 Å². The van der Waals surface area contributed by atoms with E-state index < -0.39 is 0 Å². The smallest absolute Gasteiger partial charge is 0.224 e. The summed E-state index contributed by atoms with van der Waals surface area (Å²) in [5, 5.41) is 4.65. The van der Waals surface area contributed by atoms with Crippen molar-refractivity contribution in [3.8, 4) is 0 Å². The van der Waals surface area contributed by atoms with E-state index in [-0.39, 0.29) is 5.28 Å². The maximum absolute atomic E-state index is 5.75. The highest BCUT2D eigenvalue weighted by molar-refractivity contribution is 6.28. The molecular weight excluding hydrogens is 248 g/mol. The van der Waals surface area contributed by atoms with Gasteiger partial charge in [-0.05, 0) is 41.3 Å². The molecule has 0 saturated heterocycles. The molecule has 1 aromatic carbocycles. The number of anilines is 2. The molecule has 5 heteroatoms. The third-order valence-corrected chi connectivity index (χ3v) is 2.97. The van der Waals surface area contributed by atoms with Gasteiger partial charge in [0.15, 0.2) is 0 Å². The predicted octanol–water partition coefficient (Wildman–Crippen LogP) is 3.37. The van der Waals surface area contributed by atoms with Crippen LogP contribution in [0.3, 0.4) is 0 Å². The van der Waals surface area contributed by atoms with Crippen LogP contribution in [0.25, 0.3) is 10.9 Å². The Morgan fingerprint density at radius 2 is 2.11 bits per heavy atom. The van der Waals surface area contributed by atoms with Crippen molar-refractivity contribution in [3.05, 3.63) is 48.0 Å². The predicted molar refractivity (Wildman–Crippen MR) is 73.2 cm³/mol. The molecule has 0 unspecified atom stereocenters. The lowest BCUT2D eigenvalue weighted by atomic mass is 10.2. The summed E-state index contributed by atoms with van der Waals surface area (Å²) in [5.41, 5.74) is 2.14. The molecule has 0 fully saturated rings. The molecule has 2 heterocycles. The maximum Gasteiger partial charge on any atom is 0.224 e. The molecule has 18 heavy (non-hydrogen) atoms. The number of aromatic nitrogens is 3. The summed E-state index contributed by atoms with van der Waals surface area (Å²) < 4.78 is 2.08. The average Bonchev–Trinajstić information content (AvgIpc) is 2.71. The standard InChI is InChI=1S/C13H11ClN4/c1-18-7-5-9-2-3-10(8-11(9)18)16-12-4-6-15-13(14)17-12/h2-8H,1H3,(H,15,16,17). The summed E-state index contributed by atoms with van der Waals surface area (Å²) in [7, 11) is 2.02. The van der Waals surface area contributed by atoms with E-state index >= 15 is 0 Å². The molecule has 3 aromatic rings. The van der Waals surface area contributed by atoms with Crippen LogP contribution in [0.5, 0.6) is 0 Å². The van der Waals surface area contributed by atoms with Crippen LogP contribution in [0.4, 0.5) is 11.5 Å². The minimum absolute atomic E-state index is 0.236. The second-order valence-corrected chi connectivity index (χ2v) is 4.37. The SMILES string of the molecule is Cn1ccc2ccc(Nc3ccnc(Cl)n3)cc21. The first-order valence-corrected chi connectivity index (χ1v) is 5.91. The van der Waals surface area contributed by atoms with Gasteiger partial charge >= 0.3 is 0 Å². The van der Waals surface area contributed by atoms with Crippen LogP contribution in [0.1, 0.15) is 0 Å². The third kappa shape index (κ3) is 2.02. The summed E-state index contributed by atoms with van der Waals surface area (Å²) in [6, 6.07) is 10.0. The number of benzene rings is 1. The highest BCUT2D eigenvalue weighted by Crippen LogP contribution is 2.22. The van der Waals surface area contributed by atoms with Crippen LogP contribution >= 0.6 is 11.6 Å². The fraction of sp³-hybridized carbons (Fsp3) is 0.0769. The molecule has 0 aliphatic carbocycles. The van der Waals surface area contributed by atoms with Gasteiger partial charge in [0.25, 0.3) is 0 Å². The Labute approximate surface area is 109 Å². The molecule has 0 spiro atoms. The van der Waals surface area contributed by atoms with Crippen molar-refractivity contribution in [1.82, 2.24) is 14.5 Å². The minimum Gasteiger partial charge on any atom is -0.350 e. The number of fused-ring (bicyclic) bond motifs is 1. The highest BCUT2D eigenvalue weighted by Gasteiger charge is 2.01. The molecule has 3 rings (SSSR count). The molecule has 2 aromatic heterocycles. The van der Waals surface area contributed by atoms with E-state index in [0.717, 1.165) is 5.69 Å². The summed E-state index contributed by atoms with van der Waals surface area (Å²) in [6.07, 6.45) is 3.66. The van der Waals surface area contributed by atoms with Crippen LogP contribution < -0.4 is 5.32 Å². The molecule has 0 radical (unpaired) electrons. The van der Waals surface area contributed by atoms with Gasteiger partial charge in [0.05, 0.1) is 0 Å². The Bertz CT molecular complexity index is 705. The highest BCUT2D eigenvalue weighted by atomic mass is 35.5. The number of rotatable bonds is 2. The van der Waals surface area contributed by atoms with E-state index in [1.54, 1.807) is 12.3 Å². The second kappa shape index (κ2) is 4.31. The molecule has 4 nitrogen and oxygen atoms in total. The van der Waals surface area contributed by atoms with Crippen LogP contribution in [0, 0.1) is 0 Å². The van der Waals surface area contributed by atoms with E-state index in [1.807, 2.05) is 19.3 Å². The van der Waals surface area contributed by atoms with Crippen molar-refractivity contribution in [2.75, 3.05) is 5.32 Å². The molecule has 0 aliphatic heterocycles. The lowest BCUT2D eigenvalue weighted by Gasteiger charge is -2.06. The zero-order valence-corrected chi connectivity index (χ0v) is 10.5. The Morgan fingerprint density at radius 3 is 2.94 bits per heavy atom. The van der Waals surface area contributed by atoms with Crippen LogP contribution in [-0.2, 0) is 7.05 Å². The Morgan fingerprint density at radius 1 is 1.22 bits per heavy atom. The maximum atomic E-state index is 5.75. The zero-order valence-electron chi connectivity index (χ0n) is 9.76. The molecule has 0 atom stereocenters. The van der Waals surface area contributed by atoms with Gasteiger partial charge in [-0.25, -0.2) is 9.97 Å². The van der Waals surface area contributed by atoms with Gasteiger partial charge in [0, 0.05) is 30.6 Å². The molecule has 0 saturated carbocycles. The number of hydrogen-bond donors (Lipinski definition) is 1. The first kappa shape index (κ1) is 11.0. The van der Waals surface area contributed by atoms with Gasteiger partial charge in [0.2, 0.25) is 5.28 Å². The lowest BCUT2D eigenvalue weighted by molar-refractivity contribution is 0.969. The zero-order chi connectivity index (χ0) is 12.5.